The van der Waals surface area contributed by atoms with Crippen LogP contribution in [0.25, 0.3) is 0 Å². The summed E-state index contributed by atoms with van der Waals surface area (Å²) in [6.07, 6.45) is 5.49. The number of rotatable bonds is 8. The highest BCUT2D eigenvalue weighted by atomic mass is 16.6. The lowest BCUT2D eigenvalue weighted by Gasteiger charge is -2.71. The van der Waals surface area contributed by atoms with Crippen LogP contribution in [0.15, 0.2) is 11.6 Å². The van der Waals surface area contributed by atoms with Gasteiger partial charge in [-0.15, -0.1) is 0 Å². The van der Waals surface area contributed by atoms with E-state index >= 15 is 0 Å². The Kier molecular flexibility index (Phi) is 8.49. The molecule has 0 amide bonds. The normalized spacial score (nSPS) is 47.0. The molecule has 5 rings (SSSR count). The second kappa shape index (κ2) is 11.1. The molecule has 3 saturated carbocycles. The fraction of sp³-hybridized carbons (Fsp3) is 0.886. The maximum Gasteiger partial charge on any atom is 0.307 e. The van der Waals surface area contributed by atoms with Gasteiger partial charge in [-0.2, -0.15) is 0 Å². The average Bonchev–Trinajstić information content (AvgIpc) is 2.92. The van der Waals surface area contributed by atoms with Gasteiger partial charge in [-0.05, 0) is 78.4 Å². The van der Waals surface area contributed by atoms with Crippen LogP contribution < -0.4 is 0 Å². The smallest absolute Gasteiger partial charge is 0.307 e. The van der Waals surface area contributed by atoms with E-state index in [9.17, 15) is 24.9 Å². The molecule has 1 heterocycles. The first-order chi connectivity index (χ1) is 20.0. The van der Waals surface area contributed by atoms with Crippen molar-refractivity contribution in [1.82, 2.24) is 0 Å². The molecule has 12 atom stereocenters. The first-order valence-electron chi connectivity index (χ1n) is 16.6. The van der Waals surface area contributed by atoms with Crippen molar-refractivity contribution in [3.8, 4) is 0 Å². The molecule has 5 aliphatic rings. The van der Waals surface area contributed by atoms with E-state index in [0.717, 1.165) is 25.7 Å². The summed E-state index contributed by atoms with van der Waals surface area (Å²) in [4.78, 5) is 25.7. The molecule has 244 valence electrons. The molecule has 4 aliphatic carbocycles. The first-order valence-corrected chi connectivity index (χ1v) is 16.6. The van der Waals surface area contributed by atoms with Crippen molar-refractivity contribution in [2.24, 2.45) is 56.7 Å². The van der Waals surface area contributed by atoms with Crippen molar-refractivity contribution >= 4 is 11.9 Å². The van der Waals surface area contributed by atoms with Crippen molar-refractivity contribution in [2.75, 3.05) is 26.4 Å². The largest absolute Gasteiger partial charge is 0.481 e. The molecule has 0 aromatic heterocycles. The summed E-state index contributed by atoms with van der Waals surface area (Å²) in [6, 6.07) is 0. The van der Waals surface area contributed by atoms with E-state index in [1.165, 1.54) is 12.5 Å². The van der Waals surface area contributed by atoms with Gasteiger partial charge in [0, 0.05) is 17.8 Å². The number of aliphatic hydroxyl groups excluding tert-OH is 2. The van der Waals surface area contributed by atoms with Gasteiger partial charge < -0.3 is 29.5 Å². The molecular formula is C35H56O8. The number of carboxylic acid groups (broad SMARTS) is 1. The van der Waals surface area contributed by atoms with Gasteiger partial charge in [0.05, 0.1) is 32.3 Å². The molecule has 1 aliphatic heterocycles. The monoisotopic (exact) mass is 604 g/mol. The van der Waals surface area contributed by atoms with E-state index in [1.54, 1.807) is 0 Å². The third kappa shape index (κ3) is 4.67. The Hall–Kier alpha value is -1.48. The number of hydrogen-bond donors (Lipinski definition) is 3. The maximum absolute atomic E-state index is 13.3. The van der Waals surface area contributed by atoms with Crippen molar-refractivity contribution in [3.05, 3.63) is 11.6 Å². The molecule has 0 unspecified atom stereocenters. The first kappa shape index (κ1) is 32.9. The standard InChI is InChI=1S/C35H56O8/c1-20(2)21(3)31(5)13-14-33(7)24-9-10-27-32(6)18-41-19-35(27,25(24)11-12-34(33,8)28(31)30(39)40)15-26(43-22(4)37)29(32)42-17-23(38)16-36/h11,20-21,23-24,26-29,36,38H,9-10,12-19H2,1-8H3,(H,39,40)/t21-,23+,24+,26-,27+,28-,29+,31-,32-,33-,34+,35+/m1/s1. The molecule has 8 nitrogen and oxygen atoms in total. The average molecular weight is 605 g/mol. The molecule has 0 spiro atoms. The lowest BCUT2D eigenvalue weighted by atomic mass is 9.34. The topological polar surface area (TPSA) is 123 Å². The van der Waals surface area contributed by atoms with Gasteiger partial charge in [0.1, 0.15) is 18.3 Å². The number of allylic oxidation sites excluding steroid dienone is 1. The number of carbonyl (C=O) groups is 2. The number of ether oxygens (including phenoxy) is 3. The number of carboxylic acids is 1. The van der Waals surface area contributed by atoms with Crippen LogP contribution in [0.1, 0.15) is 93.9 Å². The van der Waals surface area contributed by atoms with Gasteiger partial charge in [0.2, 0.25) is 0 Å². The van der Waals surface area contributed by atoms with Crippen LogP contribution in [-0.2, 0) is 23.8 Å². The minimum Gasteiger partial charge on any atom is -0.481 e. The summed E-state index contributed by atoms with van der Waals surface area (Å²) < 4.78 is 18.7. The number of carbonyl (C=O) groups excluding carboxylic acids is 1. The Bertz CT molecular complexity index is 1130. The minimum absolute atomic E-state index is 0.0415. The van der Waals surface area contributed by atoms with Crippen LogP contribution in [0.5, 0.6) is 0 Å². The minimum atomic E-state index is -1.01. The zero-order chi connectivity index (χ0) is 31.8. The lowest BCUT2D eigenvalue weighted by molar-refractivity contribution is -0.270. The second-order valence-electron chi connectivity index (χ2n) is 16.3. The molecule has 1 saturated heterocycles. The molecule has 0 radical (unpaired) electrons. The van der Waals surface area contributed by atoms with Crippen LogP contribution in [0.2, 0.25) is 0 Å². The molecule has 43 heavy (non-hydrogen) atoms. The second-order valence-corrected chi connectivity index (χ2v) is 16.3. The number of esters is 1. The zero-order valence-electron chi connectivity index (χ0n) is 27.7. The van der Waals surface area contributed by atoms with E-state index in [2.05, 4.69) is 54.5 Å². The number of fused-ring (bicyclic) bond motifs is 3. The molecule has 3 N–H and O–H groups in total. The molecule has 0 aromatic carbocycles. The van der Waals surface area contributed by atoms with Gasteiger partial charge >= 0.3 is 11.9 Å². The Morgan fingerprint density at radius 2 is 1.77 bits per heavy atom. The fourth-order valence-electron chi connectivity index (χ4n) is 11.5. The van der Waals surface area contributed by atoms with Crippen LogP contribution >= 0.6 is 0 Å². The summed E-state index contributed by atoms with van der Waals surface area (Å²) in [5.74, 6) is -0.343. The van der Waals surface area contributed by atoms with Gasteiger partial charge in [0.15, 0.2) is 0 Å². The van der Waals surface area contributed by atoms with Crippen LogP contribution in [0, 0.1) is 56.7 Å². The van der Waals surface area contributed by atoms with Crippen LogP contribution in [-0.4, -0.2) is 72.0 Å². The summed E-state index contributed by atoms with van der Waals surface area (Å²) in [5, 5.41) is 30.4. The molecule has 4 fully saturated rings. The number of aliphatic carboxylic acids is 1. The van der Waals surface area contributed by atoms with Crippen LogP contribution in [0.4, 0.5) is 0 Å². The van der Waals surface area contributed by atoms with E-state index in [0.29, 0.717) is 32.0 Å². The van der Waals surface area contributed by atoms with E-state index < -0.39 is 47.6 Å². The third-order valence-corrected chi connectivity index (χ3v) is 14.1. The Morgan fingerprint density at radius 1 is 1.07 bits per heavy atom. The molecular weight excluding hydrogens is 548 g/mol. The molecule has 0 aromatic rings. The molecule has 2 bridgehead atoms. The quantitative estimate of drug-likeness (QED) is 0.254. The van der Waals surface area contributed by atoms with Gasteiger partial charge in [-0.3, -0.25) is 9.59 Å². The third-order valence-electron chi connectivity index (χ3n) is 14.1. The Morgan fingerprint density at radius 3 is 2.37 bits per heavy atom. The SMILES string of the molecule is CC(=O)O[C@@H]1C[C@@]23COC[C@](C)([C@@H]2CC[C@H]2C3=CC[C@@]3(C)[C@H](C(=O)O)[C@@](C)([C@H](C)C(C)C)CC[C@]23C)[C@H]1OC[C@@H](O)CO. The van der Waals surface area contributed by atoms with Crippen molar-refractivity contribution < 1.29 is 39.1 Å². The lowest BCUT2D eigenvalue weighted by Crippen LogP contribution is -2.70. The zero-order valence-corrected chi connectivity index (χ0v) is 27.7. The van der Waals surface area contributed by atoms with E-state index in [4.69, 9.17) is 14.2 Å². The predicted molar refractivity (Wildman–Crippen MR) is 162 cm³/mol. The van der Waals surface area contributed by atoms with E-state index in [-0.39, 0.29) is 46.6 Å². The number of aliphatic hydroxyl groups is 2. The highest BCUT2D eigenvalue weighted by Gasteiger charge is 2.72. The number of hydrogen-bond acceptors (Lipinski definition) is 7. The van der Waals surface area contributed by atoms with Gasteiger partial charge in [-0.25, -0.2) is 0 Å². The summed E-state index contributed by atoms with van der Waals surface area (Å²) in [5.41, 5.74) is -0.302. The van der Waals surface area contributed by atoms with Gasteiger partial charge in [-0.1, -0.05) is 60.1 Å². The summed E-state index contributed by atoms with van der Waals surface area (Å²) >= 11 is 0. The van der Waals surface area contributed by atoms with Crippen molar-refractivity contribution in [3.63, 3.8) is 0 Å². The van der Waals surface area contributed by atoms with Crippen LogP contribution in [0.3, 0.4) is 0 Å². The van der Waals surface area contributed by atoms with E-state index in [1.807, 2.05) is 0 Å². The predicted octanol–water partition coefficient (Wildman–Crippen LogP) is 5.25. The van der Waals surface area contributed by atoms with Crippen molar-refractivity contribution in [2.45, 2.75) is 112 Å². The van der Waals surface area contributed by atoms with Gasteiger partial charge in [0.25, 0.3) is 0 Å². The molecule has 8 heteroatoms. The highest BCUT2D eigenvalue weighted by Crippen LogP contribution is 2.75. The van der Waals surface area contributed by atoms with Crippen molar-refractivity contribution in [1.29, 1.82) is 0 Å². The Balaban J connectivity index is 1.58. The summed E-state index contributed by atoms with van der Waals surface area (Å²) in [6.45, 7) is 17.7. The summed E-state index contributed by atoms with van der Waals surface area (Å²) in [7, 11) is 0. The Labute approximate surface area is 257 Å². The maximum atomic E-state index is 13.3. The fourth-order valence-corrected chi connectivity index (χ4v) is 11.5. The highest BCUT2D eigenvalue weighted by molar-refractivity contribution is 5.73.